The second-order valence-corrected chi connectivity index (χ2v) is 4.88. The van der Waals surface area contributed by atoms with E-state index in [4.69, 9.17) is 14.2 Å². The van der Waals surface area contributed by atoms with E-state index >= 15 is 0 Å². The lowest BCUT2D eigenvalue weighted by atomic mass is 9.94. The highest BCUT2D eigenvalue weighted by Crippen LogP contribution is 2.46. The van der Waals surface area contributed by atoms with Crippen LogP contribution < -0.4 is 14.2 Å². The minimum atomic E-state index is -0.477. The predicted octanol–water partition coefficient (Wildman–Crippen LogP) is 3.04. The van der Waals surface area contributed by atoms with Gasteiger partial charge in [-0.3, -0.25) is 4.79 Å². The summed E-state index contributed by atoms with van der Waals surface area (Å²) in [5.74, 6) is 1.11. The molecule has 2 aliphatic rings. The molecule has 96 valence electrons. The molecule has 0 N–H and O–H groups in total. The van der Waals surface area contributed by atoms with Crippen LogP contribution in [0.4, 0.5) is 0 Å². The van der Waals surface area contributed by atoms with Gasteiger partial charge in [0.05, 0.1) is 0 Å². The Morgan fingerprint density at radius 3 is 2.61 bits per heavy atom. The van der Waals surface area contributed by atoms with E-state index in [1.54, 1.807) is 18.2 Å². The molecule has 0 amide bonds. The smallest absolute Gasteiger partial charge is 0.308 e. The fourth-order valence-corrected chi connectivity index (χ4v) is 2.60. The minimum Gasteiger partial charge on any atom is -0.448 e. The largest absolute Gasteiger partial charge is 0.448 e. The molecule has 1 fully saturated rings. The average molecular weight is 248 g/mol. The summed E-state index contributed by atoms with van der Waals surface area (Å²) in [5, 5.41) is 0. The van der Waals surface area contributed by atoms with Crippen molar-refractivity contribution in [1.82, 2.24) is 0 Å². The summed E-state index contributed by atoms with van der Waals surface area (Å²) in [5.41, 5.74) is 0. The molecule has 1 saturated carbocycles. The molecular formula is C14H16O4. The zero-order valence-electron chi connectivity index (χ0n) is 10.4. The Bertz CT molecular complexity index is 475. The van der Waals surface area contributed by atoms with E-state index in [1.165, 1.54) is 13.3 Å². The summed E-state index contributed by atoms with van der Waals surface area (Å²) in [7, 11) is 0. The number of hydrogen-bond donors (Lipinski definition) is 0. The molecule has 1 aliphatic carbocycles. The van der Waals surface area contributed by atoms with E-state index in [1.807, 2.05) is 0 Å². The zero-order valence-corrected chi connectivity index (χ0v) is 10.4. The molecule has 3 rings (SSSR count). The van der Waals surface area contributed by atoms with Crippen molar-refractivity contribution in [2.24, 2.45) is 0 Å². The fraction of sp³-hybridized carbons (Fsp3) is 0.500. The summed E-state index contributed by atoms with van der Waals surface area (Å²) in [6.45, 7) is 1.38. The second kappa shape index (κ2) is 4.19. The Morgan fingerprint density at radius 1 is 1.17 bits per heavy atom. The van der Waals surface area contributed by atoms with Crippen molar-refractivity contribution >= 4 is 5.97 Å². The number of fused-ring (bicyclic) bond motifs is 1. The Kier molecular flexibility index (Phi) is 2.65. The third kappa shape index (κ3) is 2.03. The third-order valence-electron chi connectivity index (χ3n) is 3.38. The summed E-state index contributed by atoms with van der Waals surface area (Å²) in [6.07, 6.45) is 5.34. The van der Waals surface area contributed by atoms with Crippen LogP contribution in [0.25, 0.3) is 0 Å². The van der Waals surface area contributed by atoms with Gasteiger partial charge in [-0.25, -0.2) is 0 Å². The molecule has 1 spiro atoms. The van der Waals surface area contributed by atoms with E-state index in [9.17, 15) is 4.79 Å². The average Bonchev–Trinajstić information content (AvgIpc) is 2.66. The van der Waals surface area contributed by atoms with Crippen LogP contribution in [0.1, 0.15) is 39.0 Å². The van der Waals surface area contributed by atoms with Crippen LogP contribution in [0.5, 0.6) is 17.2 Å². The van der Waals surface area contributed by atoms with Crippen LogP contribution in [-0.4, -0.2) is 11.8 Å². The van der Waals surface area contributed by atoms with E-state index < -0.39 is 5.79 Å². The molecule has 0 atom stereocenters. The first kappa shape index (κ1) is 11.4. The second-order valence-electron chi connectivity index (χ2n) is 4.88. The Labute approximate surface area is 106 Å². The molecule has 4 nitrogen and oxygen atoms in total. The van der Waals surface area contributed by atoms with E-state index in [0.29, 0.717) is 11.5 Å². The number of carbonyl (C=O) groups excluding carboxylic acids is 1. The molecule has 1 aromatic rings. The maximum absolute atomic E-state index is 10.9. The maximum atomic E-state index is 10.9. The molecule has 0 aromatic heterocycles. The summed E-state index contributed by atoms with van der Waals surface area (Å²) in [4.78, 5) is 10.9. The lowest BCUT2D eigenvalue weighted by Crippen LogP contribution is -2.40. The Balaban J connectivity index is 1.82. The van der Waals surface area contributed by atoms with Crippen LogP contribution in [0.3, 0.4) is 0 Å². The van der Waals surface area contributed by atoms with Crippen molar-refractivity contribution in [3.63, 3.8) is 0 Å². The highest BCUT2D eigenvalue weighted by Gasteiger charge is 2.42. The number of rotatable bonds is 1. The number of ether oxygens (including phenoxy) is 3. The van der Waals surface area contributed by atoms with Crippen LogP contribution in [0, 0.1) is 0 Å². The summed E-state index contributed by atoms with van der Waals surface area (Å²) >= 11 is 0. The molecule has 1 aliphatic heterocycles. The maximum Gasteiger partial charge on any atom is 0.308 e. The SMILES string of the molecule is CC(=O)Oc1ccc2c(c1)OC1(CCCCC1)O2. The number of benzene rings is 1. The molecule has 1 heterocycles. The van der Waals surface area contributed by atoms with Gasteiger partial charge in [0.15, 0.2) is 11.5 Å². The molecule has 1 aromatic carbocycles. The summed E-state index contributed by atoms with van der Waals surface area (Å²) < 4.78 is 16.9. The van der Waals surface area contributed by atoms with Gasteiger partial charge in [-0.15, -0.1) is 0 Å². The van der Waals surface area contributed by atoms with Gasteiger partial charge in [-0.05, 0) is 25.0 Å². The normalized spacial score (nSPS) is 19.8. The van der Waals surface area contributed by atoms with E-state index in [-0.39, 0.29) is 5.97 Å². The molecule has 18 heavy (non-hydrogen) atoms. The number of carbonyl (C=O) groups is 1. The van der Waals surface area contributed by atoms with Gasteiger partial charge in [-0.2, -0.15) is 0 Å². The third-order valence-corrected chi connectivity index (χ3v) is 3.38. The Hall–Kier alpha value is -1.71. The first-order chi connectivity index (χ1) is 8.67. The molecule has 0 bridgehead atoms. The molecular weight excluding hydrogens is 232 g/mol. The van der Waals surface area contributed by atoms with Crippen molar-refractivity contribution < 1.29 is 19.0 Å². The lowest BCUT2D eigenvalue weighted by Gasteiger charge is -2.31. The molecule has 0 radical (unpaired) electrons. The van der Waals surface area contributed by atoms with Crippen molar-refractivity contribution in [1.29, 1.82) is 0 Å². The molecule has 0 unspecified atom stereocenters. The number of esters is 1. The van der Waals surface area contributed by atoms with Crippen LogP contribution in [0.2, 0.25) is 0 Å². The summed E-state index contributed by atoms with van der Waals surface area (Å²) in [6, 6.07) is 5.25. The van der Waals surface area contributed by atoms with Crippen molar-refractivity contribution in [2.45, 2.75) is 44.8 Å². The lowest BCUT2D eigenvalue weighted by molar-refractivity contribution is -0.131. The highest BCUT2D eigenvalue weighted by molar-refractivity contribution is 5.69. The van der Waals surface area contributed by atoms with Gasteiger partial charge in [0.1, 0.15) is 5.75 Å². The monoisotopic (exact) mass is 248 g/mol. The fourth-order valence-electron chi connectivity index (χ4n) is 2.60. The highest BCUT2D eigenvalue weighted by atomic mass is 16.7. The van der Waals surface area contributed by atoms with Crippen LogP contribution in [0.15, 0.2) is 18.2 Å². The first-order valence-corrected chi connectivity index (χ1v) is 6.37. The molecule has 4 heteroatoms. The van der Waals surface area contributed by atoms with Crippen molar-refractivity contribution in [3.8, 4) is 17.2 Å². The van der Waals surface area contributed by atoms with Gasteiger partial charge >= 0.3 is 5.97 Å². The Morgan fingerprint density at radius 2 is 1.89 bits per heavy atom. The molecule has 0 saturated heterocycles. The minimum absolute atomic E-state index is 0.332. The topological polar surface area (TPSA) is 44.8 Å². The van der Waals surface area contributed by atoms with Gasteiger partial charge < -0.3 is 14.2 Å². The number of hydrogen-bond acceptors (Lipinski definition) is 4. The van der Waals surface area contributed by atoms with Gasteiger partial charge in [-0.1, -0.05) is 6.42 Å². The van der Waals surface area contributed by atoms with Crippen LogP contribution >= 0.6 is 0 Å². The van der Waals surface area contributed by atoms with Gasteiger partial charge in [0.25, 0.3) is 5.79 Å². The van der Waals surface area contributed by atoms with E-state index in [0.717, 1.165) is 31.4 Å². The zero-order chi connectivity index (χ0) is 12.6. The van der Waals surface area contributed by atoms with Crippen molar-refractivity contribution in [3.05, 3.63) is 18.2 Å². The quantitative estimate of drug-likeness (QED) is 0.566. The van der Waals surface area contributed by atoms with Crippen LogP contribution in [-0.2, 0) is 4.79 Å². The van der Waals surface area contributed by atoms with Gasteiger partial charge in [0.2, 0.25) is 0 Å². The standard InChI is InChI=1S/C14H16O4/c1-10(15)16-11-5-6-12-13(9-11)18-14(17-12)7-3-2-4-8-14/h5-6,9H,2-4,7-8H2,1H3. The van der Waals surface area contributed by atoms with Crippen molar-refractivity contribution in [2.75, 3.05) is 0 Å². The predicted molar refractivity (Wildman–Crippen MR) is 64.8 cm³/mol. The van der Waals surface area contributed by atoms with Gasteiger partial charge in [0, 0.05) is 25.8 Å². The first-order valence-electron chi connectivity index (χ1n) is 6.37. The van der Waals surface area contributed by atoms with E-state index in [2.05, 4.69) is 0 Å².